The Morgan fingerprint density at radius 2 is 2.00 bits per heavy atom. The first-order valence-corrected chi connectivity index (χ1v) is 8.15. The highest BCUT2D eigenvalue weighted by atomic mass is 15.1. The van der Waals surface area contributed by atoms with Crippen LogP contribution in [0.4, 0.5) is 0 Å². The monoisotopic (exact) mass is 269 g/mol. The Labute approximate surface area is 120 Å². The third-order valence-corrected chi connectivity index (χ3v) is 4.38. The molecule has 1 heterocycles. The molecule has 0 aliphatic carbocycles. The zero-order chi connectivity index (χ0) is 14.3. The Bertz CT molecular complexity index is 230. The minimum absolute atomic E-state index is 0.675. The zero-order valence-corrected chi connectivity index (χ0v) is 13.8. The van der Waals surface area contributed by atoms with E-state index in [1.165, 1.54) is 52.0 Å². The first-order chi connectivity index (χ1) is 8.99. The molecule has 1 rings (SSSR count). The number of nitrogens with one attached hydrogen (secondary N) is 1. The first kappa shape index (κ1) is 16.9. The number of nitrogens with zero attached hydrogens (tertiary/aromatic N) is 2. The Balaban J connectivity index is 2.19. The summed E-state index contributed by atoms with van der Waals surface area (Å²) < 4.78 is 0. The van der Waals surface area contributed by atoms with E-state index in [0.717, 1.165) is 5.92 Å². The van der Waals surface area contributed by atoms with Crippen molar-refractivity contribution in [2.45, 2.75) is 59.0 Å². The maximum absolute atomic E-state index is 3.62. The summed E-state index contributed by atoms with van der Waals surface area (Å²) in [4.78, 5) is 5.12. The molecular formula is C16H35N3. The smallest absolute Gasteiger partial charge is 0.00510 e. The number of hydrogen-bond acceptors (Lipinski definition) is 3. The van der Waals surface area contributed by atoms with E-state index < -0.39 is 0 Å². The largest absolute Gasteiger partial charge is 0.314 e. The highest BCUT2D eigenvalue weighted by Crippen LogP contribution is 2.08. The van der Waals surface area contributed by atoms with E-state index in [1.54, 1.807) is 0 Å². The molecule has 0 aromatic carbocycles. The Kier molecular flexibility index (Phi) is 7.96. The molecule has 1 fully saturated rings. The van der Waals surface area contributed by atoms with Crippen molar-refractivity contribution in [1.29, 1.82) is 0 Å². The lowest BCUT2D eigenvalue weighted by molar-refractivity contribution is 0.193. The standard InChI is InChI=1S/C16H35N3/c1-14(2)18(5)9-6-7-10-19-11-8-16(4)17-12-15(3)13-19/h14-17H,6-13H2,1-5H3. The summed E-state index contributed by atoms with van der Waals surface area (Å²) in [5.41, 5.74) is 0. The molecule has 0 spiro atoms. The quantitative estimate of drug-likeness (QED) is 0.747. The SMILES string of the molecule is CC1CNC(C)CCN(CCCCN(C)C(C)C)C1. The number of rotatable bonds is 6. The molecule has 114 valence electrons. The van der Waals surface area contributed by atoms with Gasteiger partial charge in [0.1, 0.15) is 0 Å². The van der Waals surface area contributed by atoms with E-state index in [4.69, 9.17) is 0 Å². The van der Waals surface area contributed by atoms with Gasteiger partial charge in [-0.15, -0.1) is 0 Å². The van der Waals surface area contributed by atoms with Gasteiger partial charge in [0, 0.05) is 18.6 Å². The van der Waals surface area contributed by atoms with Crippen molar-refractivity contribution >= 4 is 0 Å². The maximum Gasteiger partial charge on any atom is 0.00510 e. The molecule has 2 unspecified atom stereocenters. The first-order valence-electron chi connectivity index (χ1n) is 8.15. The lowest BCUT2D eigenvalue weighted by atomic mass is 10.1. The van der Waals surface area contributed by atoms with Gasteiger partial charge < -0.3 is 15.1 Å². The normalized spacial score (nSPS) is 26.7. The van der Waals surface area contributed by atoms with Crippen LogP contribution in [0, 0.1) is 5.92 Å². The summed E-state index contributed by atoms with van der Waals surface area (Å²) in [6.45, 7) is 15.4. The molecular weight excluding hydrogens is 234 g/mol. The highest BCUT2D eigenvalue weighted by molar-refractivity contribution is 4.73. The molecule has 0 aromatic rings. The summed E-state index contributed by atoms with van der Waals surface area (Å²) in [5, 5.41) is 3.62. The molecule has 0 saturated carbocycles. The van der Waals surface area contributed by atoms with Crippen LogP contribution >= 0.6 is 0 Å². The molecule has 3 heteroatoms. The molecule has 0 bridgehead atoms. The van der Waals surface area contributed by atoms with Crippen LogP contribution in [0.1, 0.15) is 47.0 Å². The average Bonchev–Trinajstić information content (AvgIpc) is 2.35. The van der Waals surface area contributed by atoms with Crippen molar-refractivity contribution in [2.24, 2.45) is 5.92 Å². The van der Waals surface area contributed by atoms with Crippen LogP contribution in [-0.2, 0) is 0 Å². The lowest BCUT2D eigenvalue weighted by Gasteiger charge is -2.31. The van der Waals surface area contributed by atoms with Gasteiger partial charge in [-0.1, -0.05) is 6.92 Å². The second kappa shape index (κ2) is 8.93. The van der Waals surface area contributed by atoms with Crippen LogP contribution in [0.15, 0.2) is 0 Å². The van der Waals surface area contributed by atoms with E-state index in [0.29, 0.717) is 12.1 Å². The van der Waals surface area contributed by atoms with Crippen LogP contribution in [0.3, 0.4) is 0 Å². The predicted molar refractivity (Wildman–Crippen MR) is 84.7 cm³/mol. The molecule has 1 saturated heterocycles. The van der Waals surface area contributed by atoms with Gasteiger partial charge in [0.15, 0.2) is 0 Å². The summed E-state index contributed by atoms with van der Waals surface area (Å²) in [6.07, 6.45) is 3.96. The Hall–Kier alpha value is -0.120. The van der Waals surface area contributed by atoms with Crippen LogP contribution in [-0.4, -0.2) is 61.7 Å². The number of hydrogen-bond donors (Lipinski definition) is 1. The zero-order valence-electron chi connectivity index (χ0n) is 13.8. The van der Waals surface area contributed by atoms with Crippen LogP contribution < -0.4 is 5.32 Å². The summed E-state index contributed by atoms with van der Waals surface area (Å²) in [5.74, 6) is 0.779. The third-order valence-electron chi connectivity index (χ3n) is 4.38. The number of unbranched alkanes of at least 4 members (excludes halogenated alkanes) is 1. The summed E-state index contributed by atoms with van der Waals surface area (Å²) >= 11 is 0. The molecule has 1 N–H and O–H groups in total. The molecule has 1 aliphatic rings. The molecule has 0 aromatic heterocycles. The third kappa shape index (κ3) is 7.28. The van der Waals surface area contributed by atoms with Gasteiger partial charge in [-0.2, -0.15) is 0 Å². The highest BCUT2D eigenvalue weighted by Gasteiger charge is 2.15. The minimum Gasteiger partial charge on any atom is -0.314 e. The van der Waals surface area contributed by atoms with Gasteiger partial charge in [-0.25, -0.2) is 0 Å². The Morgan fingerprint density at radius 1 is 1.26 bits per heavy atom. The fraction of sp³-hybridized carbons (Fsp3) is 1.00. The van der Waals surface area contributed by atoms with E-state index in [-0.39, 0.29) is 0 Å². The fourth-order valence-corrected chi connectivity index (χ4v) is 2.64. The van der Waals surface area contributed by atoms with Crippen molar-refractivity contribution in [1.82, 2.24) is 15.1 Å². The van der Waals surface area contributed by atoms with Crippen molar-refractivity contribution in [3.8, 4) is 0 Å². The molecule has 19 heavy (non-hydrogen) atoms. The van der Waals surface area contributed by atoms with Gasteiger partial charge in [0.2, 0.25) is 0 Å². The van der Waals surface area contributed by atoms with Crippen LogP contribution in [0.25, 0.3) is 0 Å². The van der Waals surface area contributed by atoms with E-state index in [9.17, 15) is 0 Å². The maximum atomic E-state index is 3.62. The van der Waals surface area contributed by atoms with Crippen LogP contribution in [0.5, 0.6) is 0 Å². The van der Waals surface area contributed by atoms with Crippen LogP contribution in [0.2, 0.25) is 0 Å². The van der Waals surface area contributed by atoms with Crippen molar-refractivity contribution in [3.63, 3.8) is 0 Å². The summed E-state index contributed by atoms with van der Waals surface area (Å²) in [6, 6.07) is 1.35. The molecule has 0 radical (unpaired) electrons. The van der Waals surface area contributed by atoms with Gasteiger partial charge in [0.05, 0.1) is 0 Å². The van der Waals surface area contributed by atoms with Crippen molar-refractivity contribution < 1.29 is 0 Å². The van der Waals surface area contributed by atoms with Gasteiger partial charge >= 0.3 is 0 Å². The van der Waals surface area contributed by atoms with Gasteiger partial charge in [-0.3, -0.25) is 0 Å². The van der Waals surface area contributed by atoms with E-state index in [1.807, 2.05) is 0 Å². The lowest BCUT2D eigenvalue weighted by Crippen LogP contribution is -2.42. The van der Waals surface area contributed by atoms with E-state index in [2.05, 4.69) is 49.9 Å². The molecule has 1 aliphatic heterocycles. The topological polar surface area (TPSA) is 18.5 Å². The van der Waals surface area contributed by atoms with Gasteiger partial charge in [0.25, 0.3) is 0 Å². The van der Waals surface area contributed by atoms with Crippen molar-refractivity contribution in [3.05, 3.63) is 0 Å². The van der Waals surface area contributed by atoms with Gasteiger partial charge in [-0.05, 0) is 79.2 Å². The molecule has 2 atom stereocenters. The fourth-order valence-electron chi connectivity index (χ4n) is 2.64. The average molecular weight is 269 g/mol. The summed E-state index contributed by atoms with van der Waals surface area (Å²) in [7, 11) is 2.23. The molecule has 3 nitrogen and oxygen atoms in total. The second-order valence-electron chi connectivity index (χ2n) is 6.79. The van der Waals surface area contributed by atoms with Crippen molar-refractivity contribution in [2.75, 3.05) is 39.8 Å². The molecule has 0 amide bonds. The second-order valence-corrected chi connectivity index (χ2v) is 6.79. The van der Waals surface area contributed by atoms with E-state index >= 15 is 0 Å². The predicted octanol–water partition coefficient (Wildman–Crippen LogP) is 2.43. The Morgan fingerprint density at radius 3 is 2.68 bits per heavy atom. The minimum atomic E-state index is 0.675.